The van der Waals surface area contributed by atoms with Crippen LogP contribution < -0.4 is 14.8 Å². The Morgan fingerprint density at radius 3 is 2.47 bits per heavy atom. The van der Waals surface area contributed by atoms with Gasteiger partial charge in [-0.15, -0.1) is 11.3 Å². The smallest absolute Gasteiger partial charge is 0.162 e. The maximum absolute atomic E-state index is 12.0. The molecule has 1 N–H and O–H groups in total. The van der Waals surface area contributed by atoms with Gasteiger partial charge in [-0.3, -0.25) is 4.79 Å². The zero-order valence-corrected chi connectivity index (χ0v) is 19.5. The SMILES string of the molecule is COc1cc2nc(C)nc(NC(C)c3ccc(-c4ccccc4C(C)=O)s3)c2cc1OC. The van der Waals surface area contributed by atoms with Gasteiger partial charge in [0, 0.05) is 32.3 Å². The number of aryl methyl sites for hydroxylation is 1. The Hall–Kier alpha value is -3.45. The quantitative estimate of drug-likeness (QED) is 0.347. The number of carbonyl (C=O) groups is 1. The highest BCUT2D eigenvalue weighted by Gasteiger charge is 2.17. The number of anilines is 1. The molecule has 1 atom stereocenters. The van der Waals surface area contributed by atoms with Gasteiger partial charge in [-0.25, -0.2) is 9.97 Å². The van der Waals surface area contributed by atoms with Crippen molar-refractivity contribution in [2.45, 2.75) is 26.8 Å². The van der Waals surface area contributed by atoms with Crippen molar-refractivity contribution < 1.29 is 14.3 Å². The predicted octanol–water partition coefficient (Wildman–Crippen LogP) is 6.06. The lowest BCUT2D eigenvalue weighted by Gasteiger charge is -2.16. The molecule has 0 radical (unpaired) electrons. The predicted molar refractivity (Wildman–Crippen MR) is 129 cm³/mol. The number of hydrogen-bond acceptors (Lipinski definition) is 7. The molecule has 0 aliphatic heterocycles. The van der Waals surface area contributed by atoms with Crippen LogP contribution in [0.5, 0.6) is 11.5 Å². The maximum atomic E-state index is 12.0. The number of hydrogen-bond donors (Lipinski definition) is 1. The van der Waals surface area contributed by atoms with Crippen LogP contribution in [0.25, 0.3) is 21.3 Å². The van der Waals surface area contributed by atoms with Gasteiger partial charge in [0.25, 0.3) is 0 Å². The Morgan fingerprint density at radius 2 is 1.75 bits per heavy atom. The lowest BCUT2D eigenvalue weighted by molar-refractivity contribution is 0.101. The number of fused-ring (bicyclic) bond motifs is 1. The van der Waals surface area contributed by atoms with Crippen LogP contribution in [0, 0.1) is 6.92 Å². The first kappa shape index (κ1) is 21.8. The normalized spacial score (nSPS) is 11.9. The molecule has 4 rings (SSSR count). The van der Waals surface area contributed by atoms with Gasteiger partial charge >= 0.3 is 0 Å². The van der Waals surface area contributed by atoms with Gasteiger partial charge < -0.3 is 14.8 Å². The van der Waals surface area contributed by atoms with E-state index in [1.807, 2.05) is 43.3 Å². The maximum Gasteiger partial charge on any atom is 0.162 e. The Kier molecular flexibility index (Phi) is 6.10. The summed E-state index contributed by atoms with van der Waals surface area (Å²) in [7, 11) is 3.22. The van der Waals surface area contributed by atoms with Crippen molar-refractivity contribution in [2.75, 3.05) is 19.5 Å². The van der Waals surface area contributed by atoms with E-state index in [0.717, 1.165) is 37.6 Å². The molecular weight excluding hydrogens is 422 g/mol. The summed E-state index contributed by atoms with van der Waals surface area (Å²) >= 11 is 1.67. The van der Waals surface area contributed by atoms with Crippen molar-refractivity contribution in [1.82, 2.24) is 9.97 Å². The molecule has 2 heterocycles. The first-order valence-corrected chi connectivity index (χ1v) is 11.1. The van der Waals surface area contributed by atoms with Gasteiger partial charge in [-0.1, -0.05) is 24.3 Å². The van der Waals surface area contributed by atoms with Gasteiger partial charge in [-0.2, -0.15) is 0 Å². The van der Waals surface area contributed by atoms with Crippen LogP contribution >= 0.6 is 11.3 Å². The minimum atomic E-state index is 0.00355. The Labute approximate surface area is 191 Å². The number of methoxy groups -OCH3 is 2. The second-order valence-corrected chi connectivity index (χ2v) is 8.63. The molecule has 2 aromatic carbocycles. The van der Waals surface area contributed by atoms with Crippen molar-refractivity contribution in [3.05, 3.63) is 64.8 Å². The summed E-state index contributed by atoms with van der Waals surface area (Å²) in [6.07, 6.45) is 0. The van der Waals surface area contributed by atoms with E-state index in [1.54, 1.807) is 32.5 Å². The fourth-order valence-electron chi connectivity index (χ4n) is 3.69. The van der Waals surface area contributed by atoms with Crippen LogP contribution in [-0.4, -0.2) is 30.0 Å². The lowest BCUT2D eigenvalue weighted by Crippen LogP contribution is -2.08. The first-order valence-electron chi connectivity index (χ1n) is 10.3. The summed E-state index contributed by atoms with van der Waals surface area (Å²) in [6.45, 7) is 5.56. The zero-order valence-electron chi connectivity index (χ0n) is 18.7. The molecule has 0 fully saturated rings. The zero-order chi connectivity index (χ0) is 22.8. The molecule has 0 bridgehead atoms. The van der Waals surface area contributed by atoms with E-state index in [-0.39, 0.29) is 11.8 Å². The van der Waals surface area contributed by atoms with Crippen molar-refractivity contribution in [1.29, 1.82) is 0 Å². The van der Waals surface area contributed by atoms with Crippen molar-refractivity contribution >= 4 is 33.8 Å². The standard InChI is InChI=1S/C25H25N3O3S/c1-14(23-10-11-24(32-23)18-9-7-6-8-17(18)15(2)29)26-25-19-12-21(30-4)22(31-5)13-20(19)27-16(3)28-25/h6-14H,1-5H3,(H,26,27,28). The average Bonchev–Trinajstić information content (AvgIpc) is 3.28. The van der Waals surface area contributed by atoms with E-state index < -0.39 is 0 Å². The number of nitrogens with one attached hydrogen (secondary N) is 1. The Morgan fingerprint density at radius 1 is 1.03 bits per heavy atom. The molecule has 2 aromatic heterocycles. The van der Waals surface area contributed by atoms with E-state index in [9.17, 15) is 4.79 Å². The molecule has 164 valence electrons. The first-order chi connectivity index (χ1) is 15.4. The molecule has 4 aromatic rings. The molecule has 0 aliphatic rings. The molecule has 0 aliphatic carbocycles. The highest BCUT2D eigenvalue weighted by Crippen LogP contribution is 2.37. The van der Waals surface area contributed by atoms with Crippen molar-refractivity contribution in [3.8, 4) is 21.9 Å². The van der Waals surface area contributed by atoms with E-state index in [4.69, 9.17) is 9.47 Å². The summed E-state index contributed by atoms with van der Waals surface area (Å²) < 4.78 is 10.9. The minimum absolute atomic E-state index is 0.00355. The van der Waals surface area contributed by atoms with E-state index in [0.29, 0.717) is 17.3 Å². The van der Waals surface area contributed by atoms with E-state index in [2.05, 4.69) is 34.3 Å². The Balaban J connectivity index is 1.68. The van der Waals surface area contributed by atoms with Crippen LogP contribution in [0.3, 0.4) is 0 Å². The topological polar surface area (TPSA) is 73.3 Å². The third-order valence-corrected chi connectivity index (χ3v) is 6.59. The van der Waals surface area contributed by atoms with Gasteiger partial charge in [0.1, 0.15) is 11.6 Å². The van der Waals surface area contributed by atoms with Gasteiger partial charge in [-0.05, 0) is 39.0 Å². The van der Waals surface area contributed by atoms with Crippen LogP contribution in [0.1, 0.15) is 40.9 Å². The monoisotopic (exact) mass is 447 g/mol. The summed E-state index contributed by atoms with van der Waals surface area (Å²) in [5, 5.41) is 4.39. The lowest BCUT2D eigenvalue weighted by atomic mass is 10.0. The van der Waals surface area contributed by atoms with Crippen LogP contribution in [-0.2, 0) is 0 Å². The molecular formula is C25H25N3O3S. The molecule has 0 amide bonds. The number of nitrogens with zero attached hydrogens (tertiary/aromatic N) is 2. The number of benzene rings is 2. The number of ketones is 1. The fourth-order valence-corrected chi connectivity index (χ4v) is 4.74. The summed E-state index contributed by atoms with van der Waals surface area (Å²) in [4.78, 5) is 23.4. The molecule has 32 heavy (non-hydrogen) atoms. The molecule has 0 spiro atoms. The third kappa shape index (κ3) is 4.16. The summed E-state index contributed by atoms with van der Waals surface area (Å²) in [5.74, 6) is 2.72. The number of Topliss-reactive ketones (excluding diaryl/α,β-unsaturated/α-hetero) is 1. The number of ether oxygens (including phenoxy) is 2. The van der Waals surface area contributed by atoms with Gasteiger partial charge in [0.2, 0.25) is 0 Å². The fraction of sp³-hybridized carbons (Fsp3) is 0.240. The van der Waals surface area contributed by atoms with Gasteiger partial charge in [0.05, 0.1) is 25.8 Å². The number of rotatable bonds is 7. The number of aromatic nitrogens is 2. The number of thiophene rings is 1. The molecule has 0 saturated heterocycles. The molecule has 6 nitrogen and oxygen atoms in total. The highest BCUT2D eigenvalue weighted by molar-refractivity contribution is 7.15. The summed E-state index contributed by atoms with van der Waals surface area (Å²) in [6, 6.07) is 15.6. The average molecular weight is 448 g/mol. The second kappa shape index (κ2) is 8.96. The van der Waals surface area contributed by atoms with E-state index >= 15 is 0 Å². The number of carbonyl (C=O) groups excluding carboxylic acids is 1. The third-order valence-electron chi connectivity index (χ3n) is 5.29. The Bertz CT molecular complexity index is 1300. The second-order valence-electron chi connectivity index (χ2n) is 7.51. The van der Waals surface area contributed by atoms with Crippen molar-refractivity contribution in [2.24, 2.45) is 0 Å². The van der Waals surface area contributed by atoms with Gasteiger partial charge in [0.15, 0.2) is 17.3 Å². The van der Waals surface area contributed by atoms with Crippen LogP contribution in [0.4, 0.5) is 5.82 Å². The largest absolute Gasteiger partial charge is 0.493 e. The summed E-state index contributed by atoms with van der Waals surface area (Å²) in [5.41, 5.74) is 2.48. The van der Waals surface area contributed by atoms with Crippen molar-refractivity contribution in [3.63, 3.8) is 0 Å². The molecule has 1 unspecified atom stereocenters. The van der Waals surface area contributed by atoms with Crippen LogP contribution in [0.15, 0.2) is 48.5 Å². The molecule has 0 saturated carbocycles. The van der Waals surface area contributed by atoms with E-state index in [1.165, 1.54) is 0 Å². The van der Waals surface area contributed by atoms with Crippen LogP contribution in [0.2, 0.25) is 0 Å². The highest BCUT2D eigenvalue weighted by atomic mass is 32.1. The molecule has 7 heteroatoms. The minimum Gasteiger partial charge on any atom is -0.493 e.